The molecule has 1 rings (SSSR count). The third kappa shape index (κ3) is 4.08. The van der Waals surface area contributed by atoms with E-state index in [1.165, 1.54) is 6.07 Å². The Labute approximate surface area is 119 Å². The summed E-state index contributed by atoms with van der Waals surface area (Å²) < 4.78 is 25.4. The molecule has 20 heavy (non-hydrogen) atoms. The Balaban J connectivity index is 2.92. The number of nitrogens with one attached hydrogen (secondary N) is 1. The molecule has 0 bridgehead atoms. The van der Waals surface area contributed by atoms with Crippen molar-refractivity contribution in [2.75, 3.05) is 5.73 Å². The van der Waals surface area contributed by atoms with Crippen molar-refractivity contribution in [3.8, 4) is 0 Å². The fourth-order valence-electron chi connectivity index (χ4n) is 1.22. The van der Waals surface area contributed by atoms with Gasteiger partial charge in [0, 0.05) is 0 Å². The van der Waals surface area contributed by atoms with Crippen molar-refractivity contribution in [2.24, 2.45) is 5.73 Å². The number of halogens is 1. The van der Waals surface area contributed by atoms with Crippen molar-refractivity contribution in [3.05, 3.63) is 23.2 Å². The van der Waals surface area contributed by atoms with Crippen LogP contribution in [0.15, 0.2) is 23.1 Å². The molecular formula is C10H12ClN3O5S. The first kappa shape index (κ1) is 16.2. The second-order valence-corrected chi connectivity index (χ2v) is 5.95. The van der Waals surface area contributed by atoms with Crippen LogP contribution in [0.5, 0.6) is 0 Å². The summed E-state index contributed by atoms with van der Waals surface area (Å²) in [5, 5.41) is 8.48. The smallest absolute Gasteiger partial charge is 0.305 e. The molecule has 0 unspecified atom stereocenters. The van der Waals surface area contributed by atoms with E-state index < -0.39 is 34.4 Å². The number of nitrogen functional groups attached to an aromatic ring is 1. The zero-order valence-electron chi connectivity index (χ0n) is 10.0. The topological polar surface area (TPSA) is 153 Å². The van der Waals surface area contributed by atoms with Crippen molar-refractivity contribution in [2.45, 2.75) is 17.4 Å². The highest BCUT2D eigenvalue weighted by Gasteiger charge is 2.24. The molecule has 0 saturated heterocycles. The van der Waals surface area contributed by atoms with Crippen molar-refractivity contribution < 1.29 is 23.1 Å². The summed E-state index contributed by atoms with van der Waals surface area (Å²) in [5.41, 5.74) is 10.9. The molecule has 0 aliphatic heterocycles. The first-order valence-corrected chi connectivity index (χ1v) is 7.08. The monoisotopic (exact) mass is 321 g/mol. The number of hydrogen-bond donors (Lipinski definition) is 4. The molecular weight excluding hydrogens is 310 g/mol. The zero-order chi connectivity index (χ0) is 15.5. The van der Waals surface area contributed by atoms with E-state index in [2.05, 4.69) is 0 Å². The van der Waals surface area contributed by atoms with Crippen molar-refractivity contribution in [1.29, 1.82) is 0 Å². The maximum absolute atomic E-state index is 11.9. The molecule has 0 aliphatic rings. The van der Waals surface area contributed by atoms with E-state index in [0.717, 1.165) is 12.1 Å². The molecule has 1 aromatic carbocycles. The van der Waals surface area contributed by atoms with Gasteiger partial charge in [-0.3, -0.25) is 9.59 Å². The number of hydrogen-bond acceptors (Lipinski definition) is 6. The van der Waals surface area contributed by atoms with Crippen molar-refractivity contribution >= 4 is 39.2 Å². The first-order valence-electron chi connectivity index (χ1n) is 5.22. The number of anilines is 1. The molecule has 0 spiro atoms. The van der Waals surface area contributed by atoms with Crippen LogP contribution in [0.25, 0.3) is 0 Å². The number of sulfonamides is 1. The van der Waals surface area contributed by atoms with Crippen molar-refractivity contribution in [1.82, 2.24) is 4.72 Å². The van der Waals surface area contributed by atoms with Crippen LogP contribution in [0.4, 0.5) is 5.69 Å². The number of benzene rings is 1. The zero-order valence-corrected chi connectivity index (χ0v) is 11.6. The highest BCUT2D eigenvalue weighted by Crippen LogP contribution is 2.22. The van der Waals surface area contributed by atoms with E-state index in [1.54, 1.807) is 4.72 Å². The molecule has 6 N–H and O–H groups in total. The van der Waals surface area contributed by atoms with Crippen LogP contribution in [-0.4, -0.2) is 31.4 Å². The summed E-state index contributed by atoms with van der Waals surface area (Å²) in [6, 6.07) is 2.00. The van der Waals surface area contributed by atoms with Gasteiger partial charge in [0.05, 0.1) is 28.1 Å². The van der Waals surface area contributed by atoms with Crippen LogP contribution >= 0.6 is 11.6 Å². The first-order chi connectivity index (χ1) is 9.13. The van der Waals surface area contributed by atoms with E-state index in [1.807, 2.05) is 0 Å². The highest BCUT2D eigenvalue weighted by molar-refractivity contribution is 7.90. The number of rotatable bonds is 5. The predicted molar refractivity (Wildman–Crippen MR) is 71.4 cm³/mol. The largest absolute Gasteiger partial charge is 0.481 e. The standard InChI is InChI=1S/C10H12ClN3O5S/c11-6-3-5(1-2-7(6)12)20(18,19)14-10(17)8(13)4-9(15)16/h1-3,8H,4,12-13H2,(H,14,17)(H,15,16)/t8-/m0/s1. The lowest BCUT2D eigenvalue weighted by atomic mass is 10.2. The SMILES string of the molecule is Nc1ccc(S(=O)(=O)NC(=O)[C@@H](N)CC(=O)O)cc1Cl. The van der Waals surface area contributed by atoms with E-state index in [-0.39, 0.29) is 15.6 Å². The van der Waals surface area contributed by atoms with Gasteiger partial charge in [0.15, 0.2) is 0 Å². The van der Waals surface area contributed by atoms with Crippen LogP contribution in [0.2, 0.25) is 5.02 Å². The fourth-order valence-corrected chi connectivity index (χ4v) is 2.52. The number of carboxylic acids is 1. The average Bonchev–Trinajstić information content (AvgIpc) is 2.31. The molecule has 1 aromatic rings. The summed E-state index contributed by atoms with van der Waals surface area (Å²) >= 11 is 5.68. The quantitative estimate of drug-likeness (QED) is 0.535. The van der Waals surface area contributed by atoms with E-state index in [4.69, 9.17) is 28.2 Å². The second-order valence-electron chi connectivity index (χ2n) is 3.86. The Morgan fingerprint density at radius 3 is 2.50 bits per heavy atom. The number of carbonyl (C=O) groups is 2. The maximum Gasteiger partial charge on any atom is 0.305 e. The van der Waals surface area contributed by atoms with Gasteiger partial charge in [-0.2, -0.15) is 0 Å². The summed E-state index contributed by atoms with van der Waals surface area (Å²) in [4.78, 5) is 21.6. The van der Waals surface area contributed by atoms with Gasteiger partial charge in [-0.15, -0.1) is 0 Å². The Bertz CT molecular complexity index is 646. The average molecular weight is 322 g/mol. The van der Waals surface area contributed by atoms with Crippen LogP contribution in [0.1, 0.15) is 6.42 Å². The third-order valence-corrected chi connectivity index (χ3v) is 3.92. The summed E-state index contributed by atoms with van der Waals surface area (Å²) in [6.07, 6.45) is -0.691. The lowest BCUT2D eigenvalue weighted by molar-refractivity contribution is -0.139. The minimum absolute atomic E-state index is 0.00941. The number of nitrogens with two attached hydrogens (primary N) is 2. The molecule has 1 atom stereocenters. The molecule has 8 nitrogen and oxygen atoms in total. The lowest BCUT2D eigenvalue weighted by Gasteiger charge is -2.11. The van der Waals surface area contributed by atoms with Crippen molar-refractivity contribution in [3.63, 3.8) is 0 Å². The van der Waals surface area contributed by atoms with Crippen LogP contribution in [-0.2, 0) is 19.6 Å². The molecule has 0 aromatic heterocycles. The minimum Gasteiger partial charge on any atom is -0.481 e. The summed E-state index contributed by atoms with van der Waals surface area (Å²) in [5.74, 6) is -2.44. The van der Waals surface area contributed by atoms with Crippen LogP contribution in [0, 0.1) is 0 Å². The summed E-state index contributed by atoms with van der Waals surface area (Å²) in [7, 11) is -4.19. The molecule has 0 aliphatic carbocycles. The van der Waals surface area contributed by atoms with Crippen LogP contribution in [0.3, 0.4) is 0 Å². The van der Waals surface area contributed by atoms with Gasteiger partial charge in [0.1, 0.15) is 0 Å². The molecule has 0 heterocycles. The molecule has 0 saturated carbocycles. The van der Waals surface area contributed by atoms with Gasteiger partial charge >= 0.3 is 5.97 Å². The second kappa shape index (κ2) is 6.07. The van der Waals surface area contributed by atoms with E-state index in [0.29, 0.717) is 0 Å². The molecule has 110 valence electrons. The normalized spacial score (nSPS) is 12.7. The minimum atomic E-state index is -4.19. The maximum atomic E-state index is 11.9. The number of amides is 1. The Morgan fingerprint density at radius 2 is 2.00 bits per heavy atom. The van der Waals surface area contributed by atoms with Gasteiger partial charge in [-0.05, 0) is 18.2 Å². The Kier molecular flexibility index (Phi) is 4.93. The van der Waals surface area contributed by atoms with Crippen LogP contribution < -0.4 is 16.2 Å². The molecule has 10 heteroatoms. The number of aliphatic carboxylic acids is 1. The van der Waals surface area contributed by atoms with Gasteiger partial charge in [-0.25, -0.2) is 13.1 Å². The predicted octanol–water partition coefficient (Wildman–Crippen LogP) is -0.471. The lowest BCUT2D eigenvalue weighted by Crippen LogP contribution is -2.44. The number of carbonyl (C=O) groups excluding carboxylic acids is 1. The van der Waals surface area contributed by atoms with E-state index in [9.17, 15) is 18.0 Å². The van der Waals surface area contributed by atoms with Gasteiger partial charge in [0.2, 0.25) is 0 Å². The molecule has 1 amide bonds. The Hall–Kier alpha value is -1.84. The Morgan fingerprint density at radius 1 is 1.40 bits per heavy atom. The third-order valence-electron chi connectivity index (χ3n) is 2.25. The molecule has 0 radical (unpaired) electrons. The van der Waals surface area contributed by atoms with Gasteiger partial charge in [0.25, 0.3) is 15.9 Å². The van der Waals surface area contributed by atoms with Gasteiger partial charge < -0.3 is 16.6 Å². The fraction of sp³-hybridized carbons (Fsp3) is 0.200. The molecule has 0 fully saturated rings. The summed E-state index contributed by atoms with van der Waals surface area (Å²) in [6.45, 7) is 0. The van der Waals surface area contributed by atoms with E-state index >= 15 is 0 Å². The van der Waals surface area contributed by atoms with Gasteiger partial charge in [-0.1, -0.05) is 11.6 Å². The highest BCUT2D eigenvalue weighted by atomic mass is 35.5. The number of carboxylic acid groups (broad SMARTS) is 1.